The first-order valence-corrected chi connectivity index (χ1v) is 5.94. The minimum absolute atomic E-state index is 0.163. The molecule has 1 heterocycles. The lowest BCUT2D eigenvalue weighted by Crippen LogP contribution is -1.99. The van der Waals surface area contributed by atoms with Crippen LogP contribution in [-0.4, -0.2) is 9.97 Å². The largest absolute Gasteiger partial charge is 0.323 e. The summed E-state index contributed by atoms with van der Waals surface area (Å²) in [6, 6.07) is 12.3. The first kappa shape index (κ1) is 10.8. The highest BCUT2D eigenvalue weighted by Crippen LogP contribution is 2.28. The van der Waals surface area contributed by atoms with Crippen molar-refractivity contribution in [3.8, 4) is 11.1 Å². The van der Waals surface area contributed by atoms with Crippen molar-refractivity contribution >= 4 is 11.0 Å². The number of benzene rings is 2. The highest BCUT2D eigenvalue weighted by Gasteiger charge is 2.07. The number of aromatic amines is 2. The Hall–Kier alpha value is -2.29. The van der Waals surface area contributed by atoms with Crippen LogP contribution in [0.3, 0.4) is 0 Å². The van der Waals surface area contributed by atoms with E-state index in [4.69, 9.17) is 0 Å². The molecule has 0 aliphatic heterocycles. The number of fused-ring (bicyclic) bond motifs is 1. The molecule has 3 aromatic rings. The summed E-state index contributed by atoms with van der Waals surface area (Å²) >= 11 is 0. The fraction of sp³-hybridized carbons (Fsp3) is 0.133. The molecule has 3 nitrogen and oxygen atoms in total. The van der Waals surface area contributed by atoms with Crippen molar-refractivity contribution < 1.29 is 0 Å². The number of H-pyrrole nitrogens is 2. The zero-order chi connectivity index (χ0) is 12.7. The number of imidazole rings is 1. The lowest BCUT2D eigenvalue weighted by molar-refractivity contribution is 1.22. The second-order valence-corrected chi connectivity index (χ2v) is 4.61. The summed E-state index contributed by atoms with van der Waals surface area (Å²) in [5.41, 5.74) is 6.38. The first-order valence-electron chi connectivity index (χ1n) is 5.94. The van der Waals surface area contributed by atoms with Gasteiger partial charge in [0.05, 0.1) is 11.0 Å². The van der Waals surface area contributed by atoms with Crippen LogP contribution in [0.15, 0.2) is 41.2 Å². The van der Waals surface area contributed by atoms with Gasteiger partial charge in [-0.3, -0.25) is 0 Å². The fourth-order valence-electron chi connectivity index (χ4n) is 2.46. The predicted octanol–water partition coefficient (Wildman–Crippen LogP) is 3.14. The predicted molar refractivity (Wildman–Crippen MR) is 73.8 cm³/mol. The quantitative estimate of drug-likeness (QED) is 0.672. The third-order valence-corrected chi connectivity index (χ3v) is 3.29. The van der Waals surface area contributed by atoms with Crippen LogP contribution in [0.4, 0.5) is 0 Å². The summed E-state index contributed by atoms with van der Waals surface area (Å²) < 4.78 is 0. The van der Waals surface area contributed by atoms with Crippen molar-refractivity contribution in [1.82, 2.24) is 9.97 Å². The summed E-state index contributed by atoms with van der Waals surface area (Å²) in [5.74, 6) is 0. The lowest BCUT2D eigenvalue weighted by Gasteiger charge is -2.09. The molecule has 0 radical (unpaired) electrons. The van der Waals surface area contributed by atoms with E-state index < -0.39 is 0 Å². The fourth-order valence-corrected chi connectivity index (χ4v) is 2.46. The monoisotopic (exact) mass is 238 g/mol. The molecular weight excluding hydrogens is 224 g/mol. The molecular formula is C15H14N2O. The molecule has 0 bridgehead atoms. The summed E-state index contributed by atoms with van der Waals surface area (Å²) in [6.07, 6.45) is 0. The van der Waals surface area contributed by atoms with E-state index in [1.54, 1.807) is 0 Å². The van der Waals surface area contributed by atoms with E-state index in [9.17, 15) is 4.79 Å². The Balaban J connectivity index is 2.28. The molecule has 0 saturated carbocycles. The highest BCUT2D eigenvalue weighted by atomic mass is 16.1. The summed E-state index contributed by atoms with van der Waals surface area (Å²) in [7, 11) is 0. The molecule has 0 aliphatic carbocycles. The van der Waals surface area contributed by atoms with Crippen molar-refractivity contribution in [3.05, 3.63) is 58.0 Å². The van der Waals surface area contributed by atoms with Crippen LogP contribution in [0.5, 0.6) is 0 Å². The summed E-state index contributed by atoms with van der Waals surface area (Å²) in [4.78, 5) is 16.8. The molecule has 2 aromatic carbocycles. The van der Waals surface area contributed by atoms with E-state index in [1.165, 1.54) is 16.7 Å². The van der Waals surface area contributed by atoms with E-state index >= 15 is 0 Å². The number of hydrogen-bond donors (Lipinski definition) is 2. The zero-order valence-corrected chi connectivity index (χ0v) is 10.4. The Bertz CT molecular complexity index is 760. The first-order chi connectivity index (χ1) is 8.65. The van der Waals surface area contributed by atoms with E-state index in [1.807, 2.05) is 18.2 Å². The minimum Gasteiger partial charge on any atom is -0.306 e. The molecule has 0 atom stereocenters. The van der Waals surface area contributed by atoms with E-state index in [0.29, 0.717) is 0 Å². The van der Waals surface area contributed by atoms with Gasteiger partial charge in [-0.2, -0.15) is 0 Å². The Labute approximate surface area is 104 Å². The molecule has 2 N–H and O–H groups in total. The molecule has 0 fully saturated rings. The molecule has 90 valence electrons. The van der Waals surface area contributed by atoms with Crippen LogP contribution in [0.1, 0.15) is 11.1 Å². The minimum atomic E-state index is -0.163. The average molecular weight is 238 g/mol. The molecule has 18 heavy (non-hydrogen) atoms. The Kier molecular flexibility index (Phi) is 2.33. The lowest BCUT2D eigenvalue weighted by atomic mass is 9.96. The van der Waals surface area contributed by atoms with Gasteiger partial charge in [0.15, 0.2) is 0 Å². The highest BCUT2D eigenvalue weighted by molar-refractivity contribution is 5.83. The topological polar surface area (TPSA) is 48.6 Å². The van der Waals surface area contributed by atoms with Crippen molar-refractivity contribution in [3.63, 3.8) is 0 Å². The third-order valence-electron chi connectivity index (χ3n) is 3.29. The summed E-state index contributed by atoms with van der Waals surface area (Å²) in [6.45, 7) is 4.21. The van der Waals surface area contributed by atoms with Gasteiger partial charge in [-0.15, -0.1) is 0 Å². The molecule has 3 heteroatoms. The van der Waals surface area contributed by atoms with Gasteiger partial charge in [-0.25, -0.2) is 4.79 Å². The van der Waals surface area contributed by atoms with E-state index in [2.05, 4.69) is 42.0 Å². The van der Waals surface area contributed by atoms with E-state index in [-0.39, 0.29) is 5.69 Å². The number of nitrogens with one attached hydrogen (secondary N) is 2. The SMILES string of the molecule is Cc1cccc(C)c1-c1ccc2[nH]c(=O)[nH]c2c1. The molecule has 3 rings (SSSR count). The molecule has 0 aliphatic rings. The van der Waals surface area contributed by atoms with Crippen LogP contribution in [0, 0.1) is 13.8 Å². The molecule has 0 unspecified atom stereocenters. The second-order valence-electron chi connectivity index (χ2n) is 4.61. The number of aryl methyl sites for hydroxylation is 2. The van der Waals surface area contributed by atoms with Crippen LogP contribution < -0.4 is 5.69 Å². The van der Waals surface area contributed by atoms with Gasteiger partial charge in [-0.05, 0) is 48.2 Å². The van der Waals surface area contributed by atoms with Gasteiger partial charge in [0.1, 0.15) is 0 Å². The van der Waals surface area contributed by atoms with Gasteiger partial charge in [-0.1, -0.05) is 24.3 Å². The maximum atomic E-state index is 11.3. The summed E-state index contributed by atoms with van der Waals surface area (Å²) in [5, 5.41) is 0. The molecule has 0 amide bonds. The van der Waals surface area contributed by atoms with Gasteiger partial charge >= 0.3 is 5.69 Å². The Morgan fingerprint density at radius 2 is 1.56 bits per heavy atom. The van der Waals surface area contributed by atoms with Crippen LogP contribution in [0.2, 0.25) is 0 Å². The molecule has 0 spiro atoms. The van der Waals surface area contributed by atoms with Crippen molar-refractivity contribution in [2.75, 3.05) is 0 Å². The van der Waals surface area contributed by atoms with Gasteiger partial charge in [0.2, 0.25) is 0 Å². The second kappa shape index (κ2) is 3.88. The zero-order valence-electron chi connectivity index (χ0n) is 10.4. The number of aromatic nitrogens is 2. The molecule has 1 aromatic heterocycles. The standard InChI is InChI=1S/C15H14N2O/c1-9-4-3-5-10(2)14(9)11-6-7-12-13(8-11)17-15(18)16-12/h3-8H,1-2H3,(H2,16,17,18). The number of rotatable bonds is 1. The van der Waals surface area contributed by atoms with Gasteiger partial charge < -0.3 is 9.97 Å². The van der Waals surface area contributed by atoms with Crippen LogP contribution in [0.25, 0.3) is 22.2 Å². The van der Waals surface area contributed by atoms with Crippen molar-refractivity contribution in [1.29, 1.82) is 0 Å². The normalized spacial score (nSPS) is 11.0. The smallest absolute Gasteiger partial charge is 0.306 e. The average Bonchev–Trinajstić information content (AvgIpc) is 2.68. The Morgan fingerprint density at radius 1 is 0.889 bits per heavy atom. The van der Waals surface area contributed by atoms with Gasteiger partial charge in [0, 0.05) is 0 Å². The van der Waals surface area contributed by atoms with Gasteiger partial charge in [0.25, 0.3) is 0 Å². The van der Waals surface area contributed by atoms with Crippen LogP contribution in [-0.2, 0) is 0 Å². The maximum Gasteiger partial charge on any atom is 0.323 e. The van der Waals surface area contributed by atoms with Crippen LogP contribution >= 0.6 is 0 Å². The van der Waals surface area contributed by atoms with Crippen molar-refractivity contribution in [2.45, 2.75) is 13.8 Å². The maximum absolute atomic E-state index is 11.3. The van der Waals surface area contributed by atoms with Crippen molar-refractivity contribution in [2.24, 2.45) is 0 Å². The number of hydrogen-bond acceptors (Lipinski definition) is 1. The Morgan fingerprint density at radius 3 is 2.28 bits per heavy atom. The van der Waals surface area contributed by atoms with E-state index in [0.717, 1.165) is 16.6 Å². The molecule has 0 saturated heterocycles. The third kappa shape index (κ3) is 1.64.